The second kappa shape index (κ2) is 6.23. The van der Waals surface area contributed by atoms with Crippen molar-refractivity contribution in [3.05, 3.63) is 65.7 Å². The second-order valence-electron chi connectivity index (χ2n) is 5.41. The first kappa shape index (κ1) is 14.7. The molecular formula is C17H17FN2O2. The number of nitrogens with zero attached hydrogens (tertiary/aromatic N) is 2. The summed E-state index contributed by atoms with van der Waals surface area (Å²) in [4.78, 5) is 17.7. The third kappa shape index (κ3) is 2.72. The van der Waals surface area contributed by atoms with Gasteiger partial charge in [0.2, 0.25) is 0 Å². The summed E-state index contributed by atoms with van der Waals surface area (Å²) >= 11 is 0. The monoisotopic (exact) mass is 300 g/mol. The Labute approximate surface area is 128 Å². The van der Waals surface area contributed by atoms with Crippen LogP contribution in [-0.4, -0.2) is 33.5 Å². The Balaban J connectivity index is 2.08. The molecule has 1 aliphatic heterocycles. The van der Waals surface area contributed by atoms with Crippen LogP contribution in [0.15, 0.2) is 48.7 Å². The molecular weight excluding hydrogens is 283 g/mol. The maximum Gasteiger partial charge on any atom is 0.320 e. The van der Waals surface area contributed by atoms with Crippen molar-refractivity contribution in [2.75, 3.05) is 6.54 Å². The summed E-state index contributed by atoms with van der Waals surface area (Å²) in [5.74, 6) is -1.20. The highest BCUT2D eigenvalue weighted by atomic mass is 19.1. The number of carbonyl (C=O) groups is 1. The molecule has 4 nitrogen and oxygen atoms in total. The van der Waals surface area contributed by atoms with Gasteiger partial charge in [-0.3, -0.25) is 14.7 Å². The molecule has 2 heterocycles. The summed E-state index contributed by atoms with van der Waals surface area (Å²) in [5.41, 5.74) is 1.13. The van der Waals surface area contributed by atoms with E-state index in [-0.39, 0.29) is 5.82 Å². The summed E-state index contributed by atoms with van der Waals surface area (Å²) in [5, 5.41) is 9.44. The first-order valence-electron chi connectivity index (χ1n) is 7.32. The average Bonchev–Trinajstić information content (AvgIpc) is 3.00. The Morgan fingerprint density at radius 1 is 1.27 bits per heavy atom. The number of hydrogen-bond acceptors (Lipinski definition) is 3. The van der Waals surface area contributed by atoms with Crippen LogP contribution in [0.5, 0.6) is 0 Å². The zero-order chi connectivity index (χ0) is 15.5. The number of hydrogen-bond donors (Lipinski definition) is 1. The van der Waals surface area contributed by atoms with Crippen LogP contribution in [0.2, 0.25) is 0 Å². The number of halogens is 1. The van der Waals surface area contributed by atoms with Crippen LogP contribution in [0.1, 0.15) is 30.1 Å². The van der Waals surface area contributed by atoms with Crippen molar-refractivity contribution < 1.29 is 14.3 Å². The summed E-state index contributed by atoms with van der Waals surface area (Å²) in [7, 11) is 0. The van der Waals surface area contributed by atoms with Crippen LogP contribution >= 0.6 is 0 Å². The van der Waals surface area contributed by atoms with Crippen LogP contribution in [-0.2, 0) is 4.79 Å². The molecule has 1 aromatic heterocycles. The van der Waals surface area contributed by atoms with Gasteiger partial charge < -0.3 is 5.11 Å². The number of carboxylic acids is 1. The van der Waals surface area contributed by atoms with E-state index in [1.807, 2.05) is 17.0 Å². The zero-order valence-corrected chi connectivity index (χ0v) is 12.0. The molecule has 2 unspecified atom stereocenters. The third-order valence-corrected chi connectivity index (χ3v) is 4.08. The zero-order valence-electron chi connectivity index (χ0n) is 12.0. The maximum absolute atomic E-state index is 14.3. The minimum absolute atomic E-state index is 0.339. The van der Waals surface area contributed by atoms with Gasteiger partial charge in [-0.05, 0) is 31.0 Å². The van der Waals surface area contributed by atoms with Gasteiger partial charge in [0.05, 0.1) is 11.7 Å². The Bertz CT molecular complexity index is 663. The van der Waals surface area contributed by atoms with Gasteiger partial charge in [0, 0.05) is 18.3 Å². The number of aliphatic carboxylic acids is 1. The Morgan fingerprint density at radius 3 is 2.73 bits per heavy atom. The van der Waals surface area contributed by atoms with E-state index in [0.29, 0.717) is 24.2 Å². The lowest BCUT2D eigenvalue weighted by atomic mass is 9.99. The summed E-state index contributed by atoms with van der Waals surface area (Å²) in [6.07, 6.45) is 3.01. The number of benzene rings is 1. The largest absolute Gasteiger partial charge is 0.480 e. The van der Waals surface area contributed by atoms with E-state index < -0.39 is 18.1 Å². The summed E-state index contributed by atoms with van der Waals surface area (Å²) in [6.45, 7) is 0.618. The molecule has 0 amide bonds. The minimum Gasteiger partial charge on any atom is -0.480 e. The van der Waals surface area contributed by atoms with Crippen LogP contribution < -0.4 is 0 Å². The lowest BCUT2D eigenvalue weighted by Gasteiger charge is -2.31. The minimum atomic E-state index is -0.866. The topological polar surface area (TPSA) is 53.4 Å². The number of rotatable bonds is 4. The fraction of sp³-hybridized carbons (Fsp3) is 0.294. The van der Waals surface area contributed by atoms with Crippen LogP contribution in [0, 0.1) is 5.82 Å². The summed E-state index contributed by atoms with van der Waals surface area (Å²) < 4.78 is 14.3. The molecule has 1 aliphatic rings. The number of likely N-dealkylation sites (tertiary alicyclic amines) is 1. The molecule has 1 saturated heterocycles. The molecule has 2 atom stereocenters. The molecule has 2 aromatic rings. The number of pyridine rings is 1. The van der Waals surface area contributed by atoms with Crippen LogP contribution in [0.3, 0.4) is 0 Å². The van der Waals surface area contributed by atoms with E-state index in [1.165, 1.54) is 6.07 Å². The Morgan fingerprint density at radius 2 is 2.05 bits per heavy atom. The molecule has 0 saturated carbocycles. The molecule has 0 radical (unpaired) electrons. The SMILES string of the molecule is O=C(O)C1CCCN1C(c1ccccn1)c1ccccc1F. The molecule has 22 heavy (non-hydrogen) atoms. The Kier molecular flexibility index (Phi) is 4.15. The van der Waals surface area contributed by atoms with Crippen molar-refractivity contribution in [1.82, 2.24) is 9.88 Å². The predicted octanol–water partition coefficient (Wildman–Crippen LogP) is 2.86. The Hall–Kier alpha value is -2.27. The molecule has 3 rings (SSSR count). The highest BCUT2D eigenvalue weighted by molar-refractivity contribution is 5.74. The van der Waals surface area contributed by atoms with E-state index in [0.717, 1.165) is 6.42 Å². The van der Waals surface area contributed by atoms with Crippen molar-refractivity contribution in [2.24, 2.45) is 0 Å². The van der Waals surface area contributed by atoms with Gasteiger partial charge >= 0.3 is 5.97 Å². The van der Waals surface area contributed by atoms with Gasteiger partial charge in [-0.15, -0.1) is 0 Å². The third-order valence-electron chi connectivity index (χ3n) is 4.08. The summed E-state index contributed by atoms with van der Waals surface area (Å²) in [6, 6.07) is 10.9. The smallest absolute Gasteiger partial charge is 0.320 e. The molecule has 5 heteroatoms. The van der Waals surface area contributed by atoms with Gasteiger partial charge in [0.1, 0.15) is 11.9 Å². The van der Waals surface area contributed by atoms with Gasteiger partial charge in [0.25, 0.3) is 0 Å². The van der Waals surface area contributed by atoms with Crippen molar-refractivity contribution >= 4 is 5.97 Å². The quantitative estimate of drug-likeness (QED) is 0.943. The van der Waals surface area contributed by atoms with Gasteiger partial charge in [-0.1, -0.05) is 24.3 Å². The van der Waals surface area contributed by atoms with Crippen LogP contribution in [0.25, 0.3) is 0 Å². The number of aromatic nitrogens is 1. The normalized spacial score (nSPS) is 20.0. The molecule has 114 valence electrons. The molecule has 1 fully saturated rings. The van der Waals surface area contributed by atoms with E-state index in [9.17, 15) is 14.3 Å². The predicted molar refractivity (Wildman–Crippen MR) is 79.8 cm³/mol. The highest BCUT2D eigenvalue weighted by Gasteiger charge is 2.38. The van der Waals surface area contributed by atoms with E-state index in [1.54, 1.807) is 30.5 Å². The molecule has 0 spiro atoms. The van der Waals surface area contributed by atoms with E-state index in [2.05, 4.69) is 4.98 Å². The van der Waals surface area contributed by atoms with Crippen molar-refractivity contribution in [3.63, 3.8) is 0 Å². The standard InChI is InChI=1S/C17H17FN2O2/c18-13-7-2-1-6-12(13)16(14-8-3-4-10-19-14)20-11-5-9-15(20)17(21)22/h1-4,6-8,10,15-16H,5,9,11H2,(H,21,22). The average molecular weight is 300 g/mol. The van der Waals surface area contributed by atoms with Crippen molar-refractivity contribution in [2.45, 2.75) is 24.9 Å². The molecule has 1 aromatic carbocycles. The molecule has 0 bridgehead atoms. The second-order valence-corrected chi connectivity index (χ2v) is 5.41. The molecule has 1 N–H and O–H groups in total. The van der Waals surface area contributed by atoms with Gasteiger partial charge in [-0.25, -0.2) is 4.39 Å². The first-order valence-corrected chi connectivity index (χ1v) is 7.32. The lowest BCUT2D eigenvalue weighted by Crippen LogP contribution is -2.39. The maximum atomic E-state index is 14.3. The van der Waals surface area contributed by atoms with Gasteiger partial charge in [-0.2, -0.15) is 0 Å². The molecule has 0 aliphatic carbocycles. The lowest BCUT2D eigenvalue weighted by molar-refractivity contribution is -0.142. The van der Waals surface area contributed by atoms with Crippen molar-refractivity contribution in [1.29, 1.82) is 0 Å². The van der Waals surface area contributed by atoms with Crippen molar-refractivity contribution in [3.8, 4) is 0 Å². The van der Waals surface area contributed by atoms with Gasteiger partial charge in [0.15, 0.2) is 0 Å². The number of carboxylic acid groups (broad SMARTS) is 1. The fourth-order valence-corrected chi connectivity index (χ4v) is 3.11. The van der Waals surface area contributed by atoms with E-state index >= 15 is 0 Å². The first-order chi connectivity index (χ1) is 10.7. The van der Waals surface area contributed by atoms with E-state index in [4.69, 9.17) is 0 Å². The highest BCUT2D eigenvalue weighted by Crippen LogP contribution is 2.34. The fourth-order valence-electron chi connectivity index (χ4n) is 3.11. The van der Waals surface area contributed by atoms with Crippen LogP contribution in [0.4, 0.5) is 4.39 Å².